The molecule has 0 radical (unpaired) electrons. The molecule has 9 heterocycles. The van der Waals surface area contributed by atoms with Crippen molar-refractivity contribution in [2.75, 3.05) is 26.4 Å². The minimum absolute atomic E-state index is 0.198. The molecule has 0 spiro atoms. The van der Waals surface area contributed by atoms with Gasteiger partial charge in [0.15, 0.2) is 0 Å². The van der Waals surface area contributed by atoms with Gasteiger partial charge in [0.2, 0.25) is 0 Å². The molecule has 12 bridgehead atoms. The molecule has 7 aromatic carbocycles. The minimum Gasteiger partial charge on any atom is -0.481 e. The van der Waals surface area contributed by atoms with E-state index in [1.165, 1.54) is 0 Å². The summed E-state index contributed by atoms with van der Waals surface area (Å²) in [5, 5.41) is 0. The summed E-state index contributed by atoms with van der Waals surface area (Å²) in [6.07, 6.45) is 0. The molecule has 70 heavy (non-hydrogen) atoms. The molecule has 9 aliphatic rings. The molecule has 4 heteroatoms. The lowest BCUT2D eigenvalue weighted by Gasteiger charge is -2.19. The zero-order valence-corrected chi connectivity index (χ0v) is 40.9. The second-order valence-electron chi connectivity index (χ2n) is 17.6. The van der Waals surface area contributed by atoms with Crippen molar-refractivity contribution < 1.29 is 18.9 Å². The van der Waals surface area contributed by atoms with Crippen LogP contribution in [0.15, 0.2) is 109 Å². The molecule has 7 aromatic rings. The van der Waals surface area contributed by atoms with Crippen LogP contribution < -0.4 is 18.9 Å². The Balaban J connectivity index is 1.27. The van der Waals surface area contributed by atoms with Gasteiger partial charge in [-0.1, -0.05) is 60.1 Å². The van der Waals surface area contributed by atoms with Crippen LogP contribution in [0.4, 0.5) is 0 Å². The van der Waals surface area contributed by atoms with Crippen molar-refractivity contribution >= 4 is 0 Å². The van der Waals surface area contributed by atoms with Crippen LogP contribution in [0, 0.1) is 126 Å². The maximum Gasteiger partial charge on any atom is 0.150 e. The van der Waals surface area contributed by atoms with Crippen molar-refractivity contribution in [3.8, 4) is 139 Å². The first-order chi connectivity index (χ1) is 34.0. The summed E-state index contributed by atoms with van der Waals surface area (Å²) in [4.78, 5) is 0. The second kappa shape index (κ2) is 20.5. The van der Waals surface area contributed by atoms with Gasteiger partial charge in [-0.3, -0.25) is 0 Å². The normalized spacial score (nSPS) is 12.2. The summed E-state index contributed by atoms with van der Waals surface area (Å²) in [6.45, 7) is 17.7. The molecule has 4 nitrogen and oxygen atoms in total. The molecule has 0 aliphatic carbocycles. The monoisotopic (exact) mass is 906 g/mol. The Morgan fingerprint density at radius 3 is 0.757 bits per heavy atom. The van der Waals surface area contributed by atoms with Crippen molar-refractivity contribution in [3.05, 3.63) is 176 Å². The zero-order chi connectivity index (χ0) is 48.7. The fourth-order valence-electron chi connectivity index (χ4n) is 9.64. The number of hydrogen-bond donors (Lipinski definition) is 0. The maximum absolute atomic E-state index is 6.16. The third-order valence-electron chi connectivity index (χ3n) is 12.5. The van der Waals surface area contributed by atoms with Crippen LogP contribution >= 0.6 is 0 Å². The van der Waals surface area contributed by atoms with Crippen molar-refractivity contribution in [3.63, 3.8) is 0 Å². The average Bonchev–Trinajstić information content (AvgIpc) is 3.31. The number of ether oxygens (including phenoxy) is 4. The molecule has 0 fully saturated rings. The predicted octanol–water partition coefficient (Wildman–Crippen LogP) is 13.2. The quantitative estimate of drug-likeness (QED) is 0.142. The van der Waals surface area contributed by atoms with Gasteiger partial charge in [-0.15, -0.1) is 0 Å². The lowest BCUT2D eigenvalue weighted by Crippen LogP contribution is -2.01. The van der Waals surface area contributed by atoms with Crippen LogP contribution in [0.1, 0.15) is 66.8 Å². The minimum atomic E-state index is 0.198. The highest BCUT2D eigenvalue weighted by atomic mass is 16.5. The van der Waals surface area contributed by atoms with E-state index in [2.05, 4.69) is 236 Å². The Morgan fingerprint density at radius 2 is 0.529 bits per heavy atom. The Bertz CT molecular complexity index is 3130. The maximum atomic E-state index is 6.16. The third-order valence-corrected chi connectivity index (χ3v) is 12.5. The van der Waals surface area contributed by atoms with Gasteiger partial charge in [0.25, 0.3) is 0 Å². The summed E-state index contributed by atoms with van der Waals surface area (Å²) in [5.74, 6) is 41.3. The molecular formula is C66H50O4. The molecule has 0 saturated carbocycles. The first kappa shape index (κ1) is 46.2. The smallest absolute Gasteiger partial charge is 0.150 e. The number of hydrogen-bond acceptors (Lipinski definition) is 4. The largest absolute Gasteiger partial charge is 0.481 e. The molecule has 0 unspecified atom stereocenters. The fourth-order valence-corrected chi connectivity index (χ4v) is 9.64. The van der Waals surface area contributed by atoms with Gasteiger partial charge in [0.1, 0.15) is 49.4 Å². The molecule has 0 amide bonds. The molecule has 0 atom stereocenters. The molecule has 0 aromatic heterocycles. The highest BCUT2D eigenvalue weighted by Gasteiger charge is 2.20. The molecule has 0 saturated heterocycles. The highest BCUT2D eigenvalue weighted by molar-refractivity contribution is 5.89. The Morgan fingerprint density at radius 1 is 0.300 bits per heavy atom. The van der Waals surface area contributed by atoms with Crippen LogP contribution in [0.25, 0.3) is 44.5 Å². The topological polar surface area (TPSA) is 36.9 Å². The molecular weight excluding hydrogens is 857 g/mol. The number of fused-ring (bicyclic) bond motifs is 1. The summed E-state index contributed by atoms with van der Waals surface area (Å²) >= 11 is 0. The second-order valence-corrected chi connectivity index (χ2v) is 17.6. The predicted molar refractivity (Wildman–Crippen MR) is 284 cm³/mol. The molecule has 16 rings (SSSR count). The Kier molecular flexibility index (Phi) is 13.6. The van der Waals surface area contributed by atoms with Crippen molar-refractivity contribution in [1.82, 2.24) is 0 Å². The third kappa shape index (κ3) is 10.0. The van der Waals surface area contributed by atoms with E-state index in [0.29, 0.717) is 0 Å². The van der Waals surface area contributed by atoms with Crippen molar-refractivity contribution in [1.29, 1.82) is 0 Å². The van der Waals surface area contributed by atoms with E-state index in [4.69, 9.17) is 18.9 Å². The first-order valence-corrected chi connectivity index (χ1v) is 23.3. The summed E-state index contributed by atoms with van der Waals surface area (Å²) in [7, 11) is 0. The van der Waals surface area contributed by atoms with Crippen LogP contribution in [0.2, 0.25) is 0 Å². The van der Waals surface area contributed by atoms with Gasteiger partial charge >= 0.3 is 0 Å². The van der Waals surface area contributed by atoms with E-state index >= 15 is 0 Å². The van der Waals surface area contributed by atoms with Gasteiger partial charge in [0, 0.05) is 22.3 Å². The van der Waals surface area contributed by atoms with E-state index in [1.54, 1.807) is 0 Å². The van der Waals surface area contributed by atoms with Crippen molar-refractivity contribution in [2.24, 2.45) is 0 Å². The van der Waals surface area contributed by atoms with Gasteiger partial charge in [0.05, 0.1) is 0 Å². The SMILES string of the molecule is Cc1cc2cc(C)c1-c1cccc3c1C#Cc1ccc(cc1)C#Cc1c(cccc1-c1c(C)cc(cc1C)OCC#CC#CCOc1cc(C)c-3c(C)c1)-c1c(C)cc(cc1C)OCC#CC#CCO2. The number of rotatable bonds is 0. The van der Waals surface area contributed by atoms with Gasteiger partial charge < -0.3 is 18.9 Å². The zero-order valence-electron chi connectivity index (χ0n) is 40.9. The highest BCUT2D eigenvalue weighted by Crippen LogP contribution is 2.42. The molecule has 338 valence electrons. The summed E-state index contributed by atoms with van der Waals surface area (Å²) in [6, 6.07) is 37.6. The average molecular weight is 907 g/mol. The van der Waals surface area contributed by atoms with Gasteiger partial charge in [-0.2, -0.15) is 0 Å². The summed E-state index contributed by atoms with van der Waals surface area (Å²) in [5.41, 5.74) is 20.7. The van der Waals surface area contributed by atoms with Gasteiger partial charge in [-0.05, 0) is 265 Å². The van der Waals surface area contributed by atoms with E-state index < -0.39 is 0 Å². The Hall–Kier alpha value is -8.90. The summed E-state index contributed by atoms with van der Waals surface area (Å²) < 4.78 is 24.6. The van der Waals surface area contributed by atoms with Crippen LogP contribution in [-0.2, 0) is 0 Å². The molecule has 9 aliphatic heterocycles. The van der Waals surface area contributed by atoms with Crippen LogP contribution in [0.3, 0.4) is 0 Å². The van der Waals surface area contributed by atoms with E-state index in [-0.39, 0.29) is 26.4 Å². The molecule has 0 N–H and O–H groups in total. The van der Waals surface area contributed by atoms with Crippen LogP contribution in [-0.4, -0.2) is 26.4 Å². The lowest BCUT2D eigenvalue weighted by atomic mass is 9.85. The fraction of sp³-hybridized carbons (Fsp3) is 0.182. The van der Waals surface area contributed by atoms with Gasteiger partial charge in [-0.25, -0.2) is 0 Å². The van der Waals surface area contributed by atoms with E-state index in [9.17, 15) is 0 Å². The van der Waals surface area contributed by atoms with Crippen molar-refractivity contribution in [2.45, 2.75) is 55.4 Å². The van der Waals surface area contributed by atoms with Crippen LogP contribution in [0.5, 0.6) is 23.0 Å². The number of aryl methyl sites for hydroxylation is 8. The van der Waals surface area contributed by atoms with E-state index in [1.807, 2.05) is 0 Å². The lowest BCUT2D eigenvalue weighted by molar-refractivity contribution is 0.369. The number of benzene rings is 7. The Labute approximate surface area is 413 Å². The standard InChI is InChI=1S/C66H50O4/c1-43-35-53-36-44(2)63(43)59-19-17-20-60-57(59)29-27-51-23-25-52(26-24-51)28-30-58-61(65-47(5)39-55(40-48(65)6)69-32-14-10-9-13-31-67-53)21-18-22-62(58)66-49(7)41-56(42-50(66)8)70-34-16-12-11-15-33-68-54-37-45(3)64(60)46(4)38-54/h17-26,35-42H,31-34H2,1-8H3. The van der Waals surface area contributed by atoms with E-state index in [0.717, 1.165) is 134 Å². The first-order valence-electron chi connectivity index (χ1n) is 23.3.